The summed E-state index contributed by atoms with van der Waals surface area (Å²) in [4.78, 5) is 9.83. The highest BCUT2D eigenvalue weighted by Crippen LogP contribution is 2.22. The Kier molecular flexibility index (Phi) is 3.91. The fraction of sp³-hybridized carbons (Fsp3) is 0.417. The highest BCUT2D eigenvalue weighted by atomic mass is 32.2. The summed E-state index contributed by atoms with van der Waals surface area (Å²) in [6.07, 6.45) is 1.14. The first-order valence-electron chi connectivity index (χ1n) is 5.61. The largest absolute Gasteiger partial charge is 0.508 e. The third-order valence-electron chi connectivity index (χ3n) is 2.43. The molecule has 0 saturated carbocycles. The number of benzene rings is 1. The minimum absolute atomic E-state index is 0.269. The Morgan fingerprint density at radius 2 is 2.24 bits per heavy atom. The van der Waals surface area contributed by atoms with Gasteiger partial charge in [0.05, 0.1) is 11.0 Å². The maximum absolute atomic E-state index is 9.35. The van der Waals surface area contributed by atoms with Gasteiger partial charge in [0, 0.05) is 11.8 Å². The van der Waals surface area contributed by atoms with Crippen LogP contribution in [0.2, 0.25) is 0 Å². The number of phenolic OH excluding ortho intramolecular Hbond substituents is 1. The van der Waals surface area contributed by atoms with E-state index in [2.05, 4.69) is 29.0 Å². The minimum Gasteiger partial charge on any atom is -0.508 e. The molecule has 2 rings (SSSR count). The summed E-state index contributed by atoms with van der Waals surface area (Å²) >= 11 is 1.72. The zero-order valence-electron chi connectivity index (χ0n) is 10.1. The molecule has 0 amide bonds. The van der Waals surface area contributed by atoms with Gasteiger partial charge in [-0.1, -0.05) is 11.8 Å². The van der Waals surface area contributed by atoms with Crippen LogP contribution in [0.5, 0.6) is 5.75 Å². The molecule has 2 aromatic rings. The van der Waals surface area contributed by atoms with E-state index in [1.54, 1.807) is 23.9 Å². The summed E-state index contributed by atoms with van der Waals surface area (Å²) in [5.41, 5.74) is 1.79. The lowest BCUT2D eigenvalue weighted by molar-refractivity contribution is 0.410. The number of nitrogens with zero attached hydrogens (tertiary/aromatic N) is 2. The van der Waals surface area contributed by atoms with Gasteiger partial charge in [0.1, 0.15) is 5.75 Å². The molecule has 5 heteroatoms. The van der Waals surface area contributed by atoms with Crippen LogP contribution < -0.4 is 0 Å². The van der Waals surface area contributed by atoms with Crippen molar-refractivity contribution in [3.8, 4) is 5.75 Å². The molecule has 0 aliphatic rings. The number of fused-ring (bicyclic) bond motifs is 1. The summed E-state index contributed by atoms with van der Waals surface area (Å²) < 4.78 is 0. The van der Waals surface area contributed by atoms with Gasteiger partial charge in [-0.2, -0.15) is 0 Å². The van der Waals surface area contributed by atoms with Gasteiger partial charge in [-0.25, -0.2) is 4.98 Å². The van der Waals surface area contributed by atoms with E-state index in [1.165, 1.54) is 0 Å². The molecule has 2 N–H and O–H groups in total. The zero-order chi connectivity index (χ0) is 12.3. The van der Waals surface area contributed by atoms with E-state index in [9.17, 15) is 5.11 Å². The molecular formula is C12H17N3OS. The van der Waals surface area contributed by atoms with Crippen LogP contribution in [-0.2, 0) is 0 Å². The highest BCUT2D eigenvalue weighted by molar-refractivity contribution is 7.99. The fourth-order valence-electron chi connectivity index (χ4n) is 1.59. The van der Waals surface area contributed by atoms with Crippen molar-refractivity contribution in [3.63, 3.8) is 0 Å². The van der Waals surface area contributed by atoms with Crippen LogP contribution in [0.4, 0.5) is 0 Å². The second-order valence-electron chi connectivity index (χ2n) is 4.25. The smallest absolute Gasteiger partial charge is 0.166 e. The third-order valence-corrected chi connectivity index (χ3v) is 3.39. The molecule has 0 spiro atoms. The molecule has 0 unspecified atom stereocenters. The topological polar surface area (TPSA) is 52.1 Å². The van der Waals surface area contributed by atoms with Crippen molar-refractivity contribution < 1.29 is 5.11 Å². The Morgan fingerprint density at radius 3 is 3.00 bits per heavy atom. The second-order valence-corrected chi connectivity index (χ2v) is 5.33. The molecule has 0 aliphatic carbocycles. The molecule has 92 valence electrons. The second kappa shape index (κ2) is 5.42. The van der Waals surface area contributed by atoms with Crippen LogP contribution in [0.1, 0.15) is 6.42 Å². The lowest BCUT2D eigenvalue weighted by atomic mass is 10.3. The summed E-state index contributed by atoms with van der Waals surface area (Å²) in [7, 11) is 4.16. The van der Waals surface area contributed by atoms with Gasteiger partial charge in [-0.05, 0) is 39.2 Å². The van der Waals surface area contributed by atoms with Crippen molar-refractivity contribution in [2.75, 3.05) is 26.4 Å². The van der Waals surface area contributed by atoms with Crippen molar-refractivity contribution in [3.05, 3.63) is 18.2 Å². The van der Waals surface area contributed by atoms with Crippen LogP contribution in [0.15, 0.2) is 23.4 Å². The maximum atomic E-state index is 9.35. The fourth-order valence-corrected chi connectivity index (χ4v) is 2.40. The Hall–Kier alpha value is -1.20. The van der Waals surface area contributed by atoms with Gasteiger partial charge in [0.15, 0.2) is 5.16 Å². The first kappa shape index (κ1) is 12.3. The summed E-state index contributed by atoms with van der Waals surface area (Å²) in [5.74, 6) is 1.31. The molecular weight excluding hydrogens is 234 g/mol. The molecule has 1 aromatic carbocycles. The van der Waals surface area contributed by atoms with E-state index in [1.807, 2.05) is 6.07 Å². The van der Waals surface area contributed by atoms with Crippen LogP contribution in [0, 0.1) is 0 Å². The lowest BCUT2D eigenvalue weighted by Gasteiger charge is -2.07. The Bertz CT molecular complexity index is 495. The van der Waals surface area contributed by atoms with Crippen LogP contribution in [-0.4, -0.2) is 46.4 Å². The Morgan fingerprint density at radius 1 is 1.41 bits per heavy atom. The number of hydrogen-bond acceptors (Lipinski definition) is 4. The number of aromatic nitrogens is 2. The Balaban J connectivity index is 1.95. The molecule has 0 radical (unpaired) electrons. The molecule has 4 nitrogen and oxygen atoms in total. The van der Waals surface area contributed by atoms with E-state index in [-0.39, 0.29) is 5.75 Å². The van der Waals surface area contributed by atoms with Crippen molar-refractivity contribution in [1.29, 1.82) is 0 Å². The highest BCUT2D eigenvalue weighted by Gasteiger charge is 2.03. The molecule has 1 aromatic heterocycles. The lowest BCUT2D eigenvalue weighted by Crippen LogP contribution is -2.13. The van der Waals surface area contributed by atoms with Crippen LogP contribution in [0.3, 0.4) is 0 Å². The average Bonchev–Trinajstić information content (AvgIpc) is 2.66. The van der Waals surface area contributed by atoms with Gasteiger partial charge >= 0.3 is 0 Å². The maximum Gasteiger partial charge on any atom is 0.166 e. The number of phenols is 1. The number of aromatic amines is 1. The number of H-pyrrole nitrogens is 1. The monoisotopic (exact) mass is 251 g/mol. The van der Waals surface area contributed by atoms with Gasteiger partial charge in [0.25, 0.3) is 0 Å². The number of thioether (sulfide) groups is 1. The first-order chi connectivity index (χ1) is 8.15. The molecule has 0 fully saturated rings. The normalized spacial score (nSPS) is 11.5. The Labute approximate surface area is 105 Å². The molecule has 0 atom stereocenters. The van der Waals surface area contributed by atoms with Crippen molar-refractivity contribution in [2.45, 2.75) is 11.6 Å². The number of aromatic hydroxyl groups is 1. The van der Waals surface area contributed by atoms with Crippen molar-refractivity contribution >= 4 is 22.8 Å². The van der Waals surface area contributed by atoms with E-state index >= 15 is 0 Å². The van der Waals surface area contributed by atoms with E-state index in [4.69, 9.17) is 0 Å². The molecule has 0 aliphatic heterocycles. The zero-order valence-corrected chi connectivity index (χ0v) is 10.9. The number of nitrogens with one attached hydrogen (secondary N) is 1. The number of imidazole rings is 1. The number of rotatable bonds is 5. The van der Waals surface area contributed by atoms with E-state index < -0.39 is 0 Å². The van der Waals surface area contributed by atoms with Crippen molar-refractivity contribution in [2.24, 2.45) is 0 Å². The average molecular weight is 251 g/mol. The van der Waals surface area contributed by atoms with E-state index in [0.29, 0.717) is 0 Å². The van der Waals surface area contributed by atoms with Gasteiger partial charge in [0.2, 0.25) is 0 Å². The quantitative estimate of drug-likeness (QED) is 0.632. The predicted octanol–water partition coefficient (Wildman–Crippen LogP) is 2.31. The first-order valence-corrected chi connectivity index (χ1v) is 6.60. The van der Waals surface area contributed by atoms with E-state index in [0.717, 1.165) is 34.9 Å². The van der Waals surface area contributed by atoms with Crippen LogP contribution >= 0.6 is 11.8 Å². The third kappa shape index (κ3) is 3.38. The van der Waals surface area contributed by atoms with Crippen LogP contribution in [0.25, 0.3) is 11.0 Å². The van der Waals surface area contributed by atoms with Gasteiger partial charge < -0.3 is 15.0 Å². The summed E-state index contributed by atoms with van der Waals surface area (Å²) in [6, 6.07) is 5.18. The predicted molar refractivity (Wildman–Crippen MR) is 71.7 cm³/mol. The van der Waals surface area contributed by atoms with Crippen molar-refractivity contribution in [1.82, 2.24) is 14.9 Å². The van der Waals surface area contributed by atoms with Gasteiger partial charge in [-0.3, -0.25) is 0 Å². The standard InChI is InChI=1S/C12H17N3OS/c1-15(2)6-3-7-17-12-13-10-5-4-9(16)8-11(10)14-12/h4-5,8,16H,3,6-7H2,1-2H3,(H,13,14). The summed E-state index contributed by atoms with van der Waals surface area (Å²) in [5, 5.41) is 10.3. The summed E-state index contributed by atoms with van der Waals surface area (Å²) in [6.45, 7) is 1.09. The SMILES string of the molecule is CN(C)CCCSc1nc2ccc(O)cc2[nH]1. The molecule has 1 heterocycles. The minimum atomic E-state index is 0.269. The number of hydrogen-bond donors (Lipinski definition) is 2. The molecule has 0 bridgehead atoms. The van der Waals surface area contributed by atoms with Gasteiger partial charge in [-0.15, -0.1) is 0 Å². The molecule has 17 heavy (non-hydrogen) atoms. The molecule has 0 saturated heterocycles.